The van der Waals surface area contributed by atoms with Crippen LogP contribution in [0.4, 0.5) is 0 Å². The first-order valence-corrected chi connectivity index (χ1v) is 5.79. The average molecular weight is 249 g/mol. The van der Waals surface area contributed by atoms with Crippen LogP contribution >= 0.6 is 11.6 Å². The van der Waals surface area contributed by atoms with Gasteiger partial charge in [-0.15, -0.1) is 0 Å². The van der Waals surface area contributed by atoms with Crippen LogP contribution in [0.25, 0.3) is 11.3 Å². The molecule has 0 saturated heterocycles. The molecule has 17 heavy (non-hydrogen) atoms. The van der Waals surface area contributed by atoms with Gasteiger partial charge in [0, 0.05) is 28.4 Å². The van der Waals surface area contributed by atoms with Crippen LogP contribution in [-0.4, -0.2) is 16.1 Å². The maximum absolute atomic E-state index is 10.8. The summed E-state index contributed by atoms with van der Waals surface area (Å²) in [5, 5.41) is 4.82. The summed E-state index contributed by atoms with van der Waals surface area (Å²) in [6.07, 6.45) is 2.54. The van der Waals surface area contributed by atoms with E-state index in [2.05, 4.69) is 18.9 Å². The molecule has 0 radical (unpaired) electrons. The molecule has 2 rings (SSSR count). The van der Waals surface area contributed by atoms with Crippen molar-refractivity contribution in [3.05, 3.63) is 41.0 Å². The molecule has 0 spiro atoms. The van der Waals surface area contributed by atoms with Crippen molar-refractivity contribution in [3.8, 4) is 11.3 Å². The Balaban J connectivity index is 2.56. The fraction of sp³-hybridized carbons (Fsp3) is 0.231. The number of aldehydes is 1. The third-order valence-electron chi connectivity index (χ3n) is 2.51. The van der Waals surface area contributed by atoms with E-state index in [0.29, 0.717) is 10.6 Å². The van der Waals surface area contributed by atoms with Crippen molar-refractivity contribution in [1.29, 1.82) is 0 Å². The Morgan fingerprint density at radius 3 is 2.76 bits per heavy atom. The standard InChI is InChI=1S/C13H13ClN2O/c1-9(2)16-13(3-4-15-16)11-5-10(8-17)6-12(14)7-11/h3-9H,1-2H3. The van der Waals surface area contributed by atoms with Gasteiger partial charge in [0.1, 0.15) is 6.29 Å². The van der Waals surface area contributed by atoms with E-state index in [9.17, 15) is 4.79 Å². The van der Waals surface area contributed by atoms with Gasteiger partial charge in [0.05, 0.1) is 5.69 Å². The van der Waals surface area contributed by atoms with Crippen LogP contribution < -0.4 is 0 Å². The normalized spacial score (nSPS) is 10.8. The number of aromatic nitrogens is 2. The lowest BCUT2D eigenvalue weighted by molar-refractivity contribution is 0.112. The Morgan fingerprint density at radius 1 is 1.35 bits per heavy atom. The summed E-state index contributed by atoms with van der Waals surface area (Å²) in [5.74, 6) is 0. The van der Waals surface area contributed by atoms with Crippen molar-refractivity contribution in [1.82, 2.24) is 9.78 Å². The molecular formula is C13H13ClN2O. The van der Waals surface area contributed by atoms with E-state index in [1.165, 1.54) is 0 Å². The molecule has 0 aliphatic rings. The van der Waals surface area contributed by atoms with Gasteiger partial charge in [0.25, 0.3) is 0 Å². The molecule has 1 heterocycles. The summed E-state index contributed by atoms with van der Waals surface area (Å²) in [7, 11) is 0. The highest BCUT2D eigenvalue weighted by Crippen LogP contribution is 2.26. The van der Waals surface area contributed by atoms with E-state index in [0.717, 1.165) is 17.5 Å². The summed E-state index contributed by atoms with van der Waals surface area (Å²) >= 11 is 5.99. The molecule has 4 heteroatoms. The molecule has 0 saturated carbocycles. The maximum Gasteiger partial charge on any atom is 0.150 e. The third kappa shape index (κ3) is 2.39. The van der Waals surface area contributed by atoms with E-state index in [1.54, 1.807) is 12.3 Å². The highest BCUT2D eigenvalue weighted by atomic mass is 35.5. The van der Waals surface area contributed by atoms with Crippen molar-refractivity contribution in [2.24, 2.45) is 0 Å². The lowest BCUT2D eigenvalue weighted by Crippen LogP contribution is -2.04. The van der Waals surface area contributed by atoms with Crippen LogP contribution in [-0.2, 0) is 0 Å². The zero-order chi connectivity index (χ0) is 12.4. The maximum atomic E-state index is 10.8. The molecule has 0 bridgehead atoms. The Hall–Kier alpha value is -1.61. The van der Waals surface area contributed by atoms with E-state index in [1.807, 2.05) is 22.9 Å². The predicted molar refractivity (Wildman–Crippen MR) is 68.4 cm³/mol. The summed E-state index contributed by atoms with van der Waals surface area (Å²) in [6, 6.07) is 7.48. The number of halogens is 1. The van der Waals surface area contributed by atoms with Gasteiger partial charge >= 0.3 is 0 Å². The second-order valence-corrected chi connectivity index (χ2v) is 4.58. The zero-order valence-electron chi connectivity index (χ0n) is 9.72. The average Bonchev–Trinajstić information content (AvgIpc) is 2.77. The number of carbonyl (C=O) groups excluding carboxylic acids is 1. The molecular weight excluding hydrogens is 236 g/mol. The van der Waals surface area contributed by atoms with Crippen LogP contribution in [0.15, 0.2) is 30.5 Å². The van der Waals surface area contributed by atoms with Gasteiger partial charge in [-0.3, -0.25) is 9.48 Å². The first-order chi connectivity index (χ1) is 8.11. The summed E-state index contributed by atoms with van der Waals surface area (Å²) in [6.45, 7) is 4.11. The van der Waals surface area contributed by atoms with Gasteiger partial charge in [-0.1, -0.05) is 11.6 Å². The number of nitrogens with zero attached hydrogens (tertiary/aromatic N) is 2. The minimum absolute atomic E-state index is 0.263. The minimum atomic E-state index is 0.263. The van der Waals surface area contributed by atoms with Gasteiger partial charge < -0.3 is 0 Å². The summed E-state index contributed by atoms with van der Waals surface area (Å²) in [4.78, 5) is 10.8. The lowest BCUT2D eigenvalue weighted by Gasteiger charge is -2.11. The number of rotatable bonds is 3. The molecule has 2 aromatic rings. The molecule has 0 aliphatic carbocycles. The molecule has 0 amide bonds. The van der Waals surface area contributed by atoms with Crippen LogP contribution in [0.5, 0.6) is 0 Å². The minimum Gasteiger partial charge on any atom is -0.298 e. The van der Waals surface area contributed by atoms with Crippen LogP contribution in [0.1, 0.15) is 30.2 Å². The fourth-order valence-corrected chi connectivity index (χ4v) is 2.03. The Kier molecular flexibility index (Phi) is 3.29. The second-order valence-electron chi connectivity index (χ2n) is 4.15. The van der Waals surface area contributed by atoms with Crippen LogP contribution in [0, 0.1) is 0 Å². The largest absolute Gasteiger partial charge is 0.298 e. The topological polar surface area (TPSA) is 34.9 Å². The zero-order valence-corrected chi connectivity index (χ0v) is 10.5. The highest BCUT2D eigenvalue weighted by Gasteiger charge is 2.09. The first-order valence-electron chi connectivity index (χ1n) is 5.41. The number of hydrogen-bond donors (Lipinski definition) is 0. The van der Waals surface area contributed by atoms with Gasteiger partial charge in [0.2, 0.25) is 0 Å². The van der Waals surface area contributed by atoms with Gasteiger partial charge in [0.15, 0.2) is 0 Å². The second kappa shape index (κ2) is 4.72. The smallest absolute Gasteiger partial charge is 0.150 e. The lowest BCUT2D eigenvalue weighted by atomic mass is 10.1. The molecule has 3 nitrogen and oxygen atoms in total. The quantitative estimate of drug-likeness (QED) is 0.778. The van der Waals surface area contributed by atoms with E-state index in [-0.39, 0.29) is 6.04 Å². The molecule has 1 aromatic carbocycles. The summed E-state index contributed by atoms with van der Waals surface area (Å²) < 4.78 is 1.90. The molecule has 0 N–H and O–H groups in total. The van der Waals surface area contributed by atoms with Crippen molar-refractivity contribution < 1.29 is 4.79 Å². The van der Waals surface area contributed by atoms with E-state index < -0.39 is 0 Å². The molecule has 0 aliphatic heterocycles. The first kappa shape index (κ1) is 11.9. The summed E-state index contributed by atoms with van der Waals surface area (Å²) in [5.41, 5.74) is 2.44. The van der Waals surface area contributed by atoms with Crippen molar-refractivity contribution in [2.45, 2.75) is 19.9 Å². The molecule has 0 atom stereocenters. The van der Waals surface area contributed by atoms with Crippen LogP contribution in [0.2, 0.25) is 5.02 Å². The molecule has 0 unspecified atom stereocenters. The Morgan fingerprint density at radius 2 is 2.12 bits per heavy atom. The van der Waals surface area contributed by atoms with E-state index >= 15 is 0 Å². The third-order valence-corrected chi connectivity index (χ3v) is 2.73. The SMILES string of the molecule is CC(C)n1nccc1-c1cc(Cl)cc(C=O)c1. The molecule has 88 valence electrons. The van der Waals surface area contributed by atoms with Crippen LogP contribution in [0.3, 0.4) is 0 Å². The molecule has 0 fully saturated rings. The fourth-order valence-electron chi connectivity index (χ4n) is 1.78. The van der Waals surface area contributed by atoms with Gasteiger partial charge in [-0.25, -0.2) is 0 Å². The molecule has 1 aromatic heterocycles. The number of hydrogen-bond acceptors (Lipinski definition) is 2. The van der Waals surface area contributed by atoms with Gasteiger partial charge in [-0.05, 0) is 38.1 Å². The highest BCUT2D eigenvalue weighted by molar-refractivity contribution is 6.31. The number of benzene rings is 1. The predicted octanol–water partition coefficient (Wildman–Crippen LogP) is 3.60. The van der Waals surface area contributed by atoms with Crippen molar-refractivity contribution in [3.63, 3.8) is 0 Å². The van der Waals surface area contributed by atoms with E-state index in [4.69, 9.17) is 11.6 Å². The van der Waals surface area contributed by atoms with Crippen molar-refractivity contribution in [2.75, 3.05) is 0 Å². The number of carbonyl (C=O) groups is 1. The Bertz CT molecular complexity index is 546. The monoisotopic (exact) mass is 248 g/mol. The van der Waals surface area contributed by atoms with Gasteiger partial charge in [-0.2, -0.15) is 5.10 Å². The van der Waals surface area contributed by atoms with Crippen molar-refractivity contribution >= 4 is 17.9 Å². The Labute approximate surface area is 105 Å².